The molecular formula is C26H29N5O2. The Morgan fingerprint density at radius 2 is 1.67 bits per heavy atom. The summed E-state index contributed by atoms with van der Waals surface area (Å²) in [6, 6.07) is 16.1. The molecule has 0 spiro atoms. The van der Waals surface area contributed by atoms with Crippen LogP contribution in [0.25, 0.3) is 16.7 Å². The maximum atomic E-state index is 13.2. The van der Waals surface area contributed by atoms with E-state index in [0.717, 1.165) is 28.2 Å². The molecule has 1 amide bonds. The number of amides is 1. The number of anilines is 1. The van der Waals surface area contributed by atoms with Crippen LogP contribution in [-0.2, 0) is 17.9 Å². The topological polar surface area (TPSA) is 72.2 Å². The molecule has 0 radical (unpaired) electrons. The van der Waals surface area contributed by atoms with Gasteiger partial charge < -0.3 is 10.2 Å². The van der Waals surface area contributed by atoms with Crippen molar-refractivity contribution in [3.63, 3.8) is 0 Å². The lowest BCUT2D eigenvalue weighted by Crippen LogP contribution is -2.32. The van der Waals surface area contributed by atoms with Crippen LogP contribution in [0.2, 0.25) is 0 Å². The Kier molecular flexibility index (Phi) is 6.05. The standard InChI is InChI=1S/C26H29N5O2/c1-17-6-10-22(11-7-17)31-19(3)18(2)24-25(31)28-16-30(26(24)33)15-23(32)27-14-20-8-12-21(13-9-20)29(4)5/h6-13,16H,14-15H2,1-5H3,(H,27,32). The first-order chi connectivity index (χ1) is 15.8. The van der Waals surface area contributed by atoms with Crippen LogP contribution in [0.1, 0.15) is 22.4 Å². The van der Waals surface area contributed by atoms with E-state index in [2.05, 4.69) is 10.3 Å². The van der Waals surface area contributed by atoms with Crippen molar-refractivity contribution in [3.8, 4) is 5.69 Å². The zero-order chi connectivity index (χ0) is 23.7. The number of aromatic nitrogens is 3. The summed E-state index contributed by atoms with van der Waals surface area (Å²) in [5.74, 6) is -0.234. The lowest BCUT2D eigenvalue weighted by Gasteiger charge is -2.13. The van der Waals surface area contributed by atoms with Crippen molar-refractivity contribution < 1.29 is 4.79 Å². The van der Waals surface area contributed by atoms with E-state index in [0.29, 0.717) is 17.6 Å². The van der Waals surface area contributed by atoms with Crippen LogP contribution in [-0.4, -0.2) is 34.1 Å². The fraction of sp³-hybridized carbons (Fsp3) is 0.269. The molecule has 33 heavy (non-hydrogen) atoms. The smallest absolute Gasteiger partial charge is 0.263 e. The van der Waals surface area contributed by atoms with E-state index in [1.165, 1.54) is 16.5 Å². The molecule has 0 atom stereocenters. The molecule has 2 heterocycles. The van der Waals surface area contributed by atoms with Crippen molar-refractivity contribution in [2.45, 2.75) is 33.9 Å². The number of hydrogen-bond donors (Lipinski definition) is 1. The van der Waals surface area contributed by atoms with Gasteiger partial charge in [0.25, 0.3) is 5.56 Å². The third-order valence-corrected chi connectivity index (χ3v) is 6.03. The van der Waals surface area contributed by atoms with Crippen molar-refractivity contribution in [2.24, 2.45) is 0 Å². The van der Waals surface area contributed by atoms with Crippen LogP contribution < -0.4 is 15.8 Å². The van der Waals surface area contributed by atoms with Gasteiger partial charge in [0.1, 0.15) is 12.9 Å². The molecule has 7 heteroatoms. The molecule has 0 fully saturated rings. The third kappa shape index (κ3) is 4.39. The predicted molar refractivity (Wildman–Crippen MR) is 132 cm³/mol. The number of fused-ring (bicyclic) bond motifs is 1. The largest absolute Gasteiger partial charge is 0.378 e. The van der Waals surface area contributed by atoms with Crippen molar-refractivity contribution in [1.82, 2.24) is 19.4 Å². The highest BCUT2D eigenvalue weighted by Gasteiger charge is 2.18. The van der Waals surface area contributed by atoms with Crippen LogP contribution in [0.15, 0.2) is 59.7 Å². The van der Waals surface area contributed by atoms with Crippen LogP contribution in [0.4, 0.5) is 5.69 Å². The highest BCUT2D eigenvalue weighted by molar-refractivity contribution is 5.83. The molecule has 0 unspecified atom stereocenters. The Balaban J connectivity index is 1.56. The zero-order valence-corrected chi connectivity index (χ0v) is 19.7. The lowest BCUT2D eigenvalue weighted by molar-refractivity contribution is -0.121. The van der Waals surface area contributed by atoms with E-state index in [1.807, 2.05) is 92.9 Å². The quantitative estimate of drug-likeness (QED) is 0.495. The van der Waals surface area contributed by atoms with Gasteiger partial charge in [-0.05, 0) is 56.2 Å². The Morgan fingerprint density at radius 1 is 1.00 bits per heavy atom. The summed E-state index contributed by atoms with van der Waals surface area (Å²) in [5, 5.41) is 3.43. The van der Waals surface area contributed by atoms with Crippen LogP contribution in [0.3, 0.4) is 0 Å². The number of nitrogens with zero attached hydrogens (tertiary/aromatic N) is 4. The van der Waals surface area contributed by atoms with Gasteiger partial charge in [-0.2, -0.15) is 0 Å². The second-order valence-corrected chi connectivity index (χ2v) is 8.60. The average Bonchev–Trinajstić information content (AvgIpc) is 3.06. The van der Waals surface area contributed by atoms with Gasteiger partial charge in [-0.1, -0.05) is 29.8 Å². The summed E-state index contributed by atoms with van der Waals surface area (Å²) in [6.07, 6.45) is 1.46. The Morgan fingerprint density at radius 3 is 2.30 bits per heavy atom. The summed E-state index contributed by atoms with van der Waals surface area (Å²) >= 11 is 0. The second kappa shape index (κ2) is 8.94. The minimum absolute atomic E-state index is 0.0776. The minimum atomic E-state index is -0.234. The summed E-state index contributed by atoms with van der Waals surface area (Å²) in [5.41, 5.74) is 6.45. The average molecular weight is 444 g/mol. The first kappa shape index (κ1) is 22.3. The first-order valence-electron chi connectivity index (χ1n) is 10.9. The van der Waals surface area contributed by atoms with Crippen LogP contribution in [0, 0.1) is 20.8 Å². The number of carbonyl (C=O) groups is 1. The molecule has 2 aromatic carbocycles. The predicted octanol–water partition coefficient (Wildman–Crippen LogP) is 3.49. The molecule has 2 aromatic heterocycles. The van der Waals surface area contributed by atoms with Gasteiger partial charge in [-0.15, -0.1) is 0 Å². The van der Waals surface area contributed by atoms with Gasteiger partial charge in [-0.3, -0.25) is 18.7 Å². The molecule has 0 aliphatic heterocycles. The van der Waals surface area contributed by atoms with Gasteiger partial charge in [0.2, 0.25) is 5.91 Å². The normalized spacial score (nSPS) is 11.1. The van der Waals surface area contributed by atoms with E-state index < -0.39 is 0 Å². The zero-order valence-electron chi connectivity index (χ0n) is 19.7. The Labute approximate surface area is 193 Å². The van der Waals surface area contributed by atoms with E-state index in [9.17, 15) is 9.59 Å². The molecule has 1 N–H and O–H groups in total. The summed E-state index contributed by atoms with van der Waals surface area (Å²) in [4.78, 5) is 32.4. The monoisotopic (exact) mass is 443 g/mol. The fourth-order valence-electron chi connectivity index (χ4n) is 3.93. The minimum Gasteiger partial charge on any atom is -0.378 e. The SMILES string of the molecule is Cc1ccc(-n2c(C)c(C)c3c(=O)n(CC(=O)NCc4ccc(N(C)C)cc4)cnc32)cc1. The number of nitrogens with one attached hydrogen (secondary N) is 1. The number of aryl methyl sites for hydroxylation is 2. The van der Waals surface area contributed by atoms with Gasteiger partial charge in [0, 0.05) is 37.7 Å². The molecule has 170 valence electrons. The second-order valence-electron chi connectivity index (χ2n) is 8.60. The molecule has 4 aromatic rings. The Bertz CT molecular complexity index is 1360. The first-order valence-corrected chi connectivity index (χ1v) is 10.9. The lowest BCUT2D eigenvalue weighted by atomic mass is 10.2. The maximum absolute atomic E-state index is 13.2. The van der Waals surface area contributed by atoms with E-state index >= 15 is 0 Å². The van der Waals surface area contributed by atoms with Gasteiger partial charge in [-0.25, -0.2) is 4.98 Å². The highest BCUT2D eigenvalue weighted by atomic mass is 16.2. The number of carbonyl (C=O) groups excluding carboxylic acids is 1. The van der Waals surface area contributed by atoms with Gasteiger partial charge in [0.05, 0.1) is 5.39 Å². The van der Waals surface area contributed by atoms with Crippen LogP contribution >= 0.6 is 0 Å². The van der Waals surface area contributed by atoms with Crippen molar-refractivity contribution >= 4 is 22.6 Å². The highest BCUT2D eigenvalue weighted by Crippen LogP contribution is 2.25. The molecule has 0 aliphatic rings. The summed E-state index contributed by atoms with van der Waals surface area (Å²) < 4.78 is 3.37. The number of rotatable bonds is 6. The fourth-order valence-corrected chi connectivity index (χ4v) is 3.93. The van der Waals surface area contributed by atoms with Crippen LogP contribution in [0.5, 0.6) is 0 Å². The van der Waals surface area contributed by atoms with E-state index in [-0.39, 0.29) is 18.0 Å². The van der Waals surface area contributed by atoms with E-state index in [4.69, 9.17) is 0 Å². The molecule has 4 rings (SSSR count). The van der Waals surface area contributed by atoms with Gasteiger partial charge in [0.15, 0.2) is 5.65 Å². The maximum Gasteiger partial charge on any atom is 0.263 e. The summed E-state index contributed by atoms with van der Waals surface area (Å²) in [7, 11) is 3.97. The third-order valence-electron chi connectivity index (χ3n) is 6.03. The van der Waals surface area contributed by atoms with Crippen molar-refractivity contribution in [3.05, 3.63) is 87.6 Å². The van der Waals surface area contributed by atoms with E-state index in [1.54, 1.807) is 0 Å². The Hall–Kier alpha value is -3.87. The van der Waals surface area contributed by atoms with Crippen molar-refractivity contribution in [1.29, 1.82) is 0 Å². The molecule has 0 saturated carbocycles. The number of hydrogen-bond acceptors (Lipinski definition) is 4. The number of benzene rings is 2. The molecule has 7 nitrogen and oxygen atoms in total. The molecule has 0 aliphatic carbocycles. The molecule has 0 bridgehead atoms. The molecule has 0 saturated heterocycles. The van der Waals surface area contributed by atoms with Crippen molar-refractivity contribution in [2.75, 3.05) is 19.0 Å². The van der Waals surface area contributed by atoms with Gasteiger partial charge >= 0.3 is 0 Å². The summed E-state index contributed by atoms with van der Waals surface area (Å²) in [6.45, 7) is 6.27. The molecular weight excluding hydrogens is 414 g/mol.